The number of hydrogen-bond donors (Lipinski definition) is 0. The van der Waals surface area contributed by atoms with E-state index in [1.807, 2.05) is 0 Å². The summed E-state index contributed by atoms with van der Waals surface area (Å²) in [6.07, 6.45) is -0.326. The predicted octanol–water partition coefficient (Wildman–Crippen LogP) is 1.15. The molecule has 0 N–H and O–H groups in total. The molecule has 0 amide bonds. The van der Waals surface area contributed by atoms with Gasteiger partial charge in [-0.2, -0.15) is 4.98 Å². The molecular formula is C20H23FN4O5. The van der Waals surface area contributed by atoms with Crippen molar-refractivity contribution in [3.8, 4) is 6.01 Å². The first kappa shape index (κ1) is 20.3. The number of fused-ring (bicyclic) bond motifs is 1. The van der Waals surface area contributed by atoms with Gasteiger partial charge in [0.05, 0.1) is 13.2 Å². The quantitative estimate of drug-likeness (QED) is 0.618. The largest absolute Gasteiger partial charge is 0.462 e. The summed E-state index contributed by atoms with van der Waals surface area (Å²) in [5.74, 6) is -1.12. The van der Waals surface area contributed by atoms with E-state index in [1.165, 1.54) is 29.3 Å². The Labute approximate surface area is 171 Å². The molecule has 0 bridgehead atoms. The summed E-state index contributed by atoms with van der Waals surface area (Å²) >= 11 is 0. The Morgan fingerprint density at radius 1 is 1.23 bits per heavy atom. The van der Waals surface area contributed by atoms with Gasteiger partial charge in [0.15, 0.2) is 17.0 Å². The number of halogens is 1. The normalized spacial score (nSPS) is 18.2. The van der Waals surface area contributed by atoms with Crippen LogP contribution in [0.5, 0.6) is 6.01 Å². The third-order valence-corrected chi connectivity index (χ3v) is 5.06. The van der Waals surface area contributed by atoms with E-state index in [0.717, 1.165) is 4.57 Å². The van der Waals surface area contributed by atoms with E-state index in [-0.39, 0.29) is 36.4 Å². The molecule has 0 radical (unpaired) electrons. The van der Waals surface area contributed by atoms with Crippen molar-refractivity contribution in [2.45, 2.75) is 32.3 Å². The minimum absolute atomic E-state index is 0.0134. The Hall–Kier alpha value is -2.98. The van der Waals surface area contributed by atoms with Crippen LogP contribution in [0.15, 0.2) is 33.9 Å². The predicted molar refractivity (Wildman–Crippen MR) is 106 cm³/mol. The van der Waals surface area contributed by atoms with Crippen LogP contribution in [0.3, 0.4) is 0 Å². The Balaban J connectivity index is 1.79. The molecule has 2 aromatic heterocycles. The van der Waals surface area contributed by atoms with Crippen LogP contribution in [-0.2, 0) is 30.1 Å². The second-order valence-electron chi connectivity index (χ2n) is 7.71. The number of aromatic nitrogens is 4. The molecule has 0 aliphatic carbocycles. The molecule has 0 spiro atoms. The summed E-state index contributed by atoms with van der Waals surface area (Å²) in [4.78, 5) is 29.5. The first-order valence-electron chi connectivity index (χ1n) is 9.52. The lowest BCUT2D eigenvalue weighted by Gasteiger charge is -2.17. The van der Waals surface area contributed by atoms with Crippen LogP contribution >= 0.6 is 0 Å². The van der Waals surface area contributed by atoms with Gasteiger partial charge < -0.3 is 14.2 Å². The number of rotatable bonds is 5. The molecule has 9 nitrogen and oxygen atoms in total. The van der Waals surface area contributed by atoms with Crippen LogP contribution in [-0.4, -0.2) is 43.8 Å². The number of ether oxygens (including phenoxy) is 3. The topological polar surface area (TPSA) is 89.5 Å². The van der Waals surface area contributed by atoms with Crippen molar-refractivity contribution >= 4 is 11.2 Å². The number of hydrogen-bond acceptors (Lipinski definition) is 6. The molecule has 1 aromatic carbocycles. The summed E-state index contributed by atoms with van der Waals surface area (Å²) in [6, 6.07) is 6.35. The maximum atomic E-state index is 14.3. The van der Waals surface area contributed by atoms with Crippen LogP contribution in [0.2, 0.25) is 0 Å². The third-order valence-electron chi connectivity index (χ3n) is 5.06. The zero-order chi connectivity index (χ0) is 21.6. The Morgan fingerprint density at radius 2 is 1.97 bits per heavy atom. The van der Waals surface area contributed by atoms with Gasteiger partial charge in [-0.05, 0) is 19.9 Å². The zero-order valence-corrected chi connectivity index (χ0v) is 17.2. The van der Waals surface area contributed by atoms with Crippen LogP contribution in [0.25, 0.3) is 11.2 Å². The molecule has 1 fully saturated rings. The van der Waals surface area contributed by atoms with Crippen LogP contribution in [0.1, 0.15) is 19.4 Å². The molecule has 3 heterocycles. The second-order valence-corrected chi connectivity index (χ2v) is 7.71. The number of nitrogens with zero attached hydrogens (tertiary/aromatic N) is 4. The number of aryl methyl sites for hydroxylation is 1. The van der Waals surface area contributed by atoms with Gasteiger partial charge in [0.2, 0.25) is 0 Å². The summed E-state index contributed by atoms with van der Waals surface area (Å²) in [5, 5.41) is 0. The van der Waals surface area contributed by atoms with Crippen molar-refractivity contribution < 1.29 is 18.6 Å². The van der Waals surface area contributed by atoms with Crippen molar-refractivity contribution in [1.29, 1.82) is 0 Å². The highest BCUT2D eigenvalue weighted by atomic mass is 19.1. The second kappa shape index (κ2) is 7.37. The van der Waals surface area contributed by atoms with Crippen molar-refractivity contribution in [3.63, 3.8) is 0 Å². The van der Waals surface area contributed by atoms with E-state index < -0.39 is 22.9 Å². The lowest BCUT2D eigenvalue weighted by molar-refractivity contribution is -0.141. The maximum Gasteiger partial charge on any atom is 0.332 e. The highest BCUT2D eigenvalue weighted by Gasteiger charge is 2.33. The number of imidazole rings is 1. The summed E-state index contributed by atoms with van der Waals surface area (Å²) in [7, 11) is 2.90. The van der Waals surface area contributed by atoms with Crippen molar-refractivity contribution in [2.75, 3.05) is 13.2 Å². The fourth-order valence-corrected chi connectivity index (χ4v) is 3.49. The van der Waals surface area contributed by atoms with Gasteiger partial charge in [0.1, 0.15) is 18.5 Å². The monoisotopic (exact) mass is 418 g/mol. The molecular weight excluding hydrogens is 395 g/mol. The van der Waals surface area contributed by atoms with Crippen LogP contribution in [0, 0.1) is 5.82 Å². The molecule has 10 heteroatoms. The summed E-state index contributed by atoms with van der Waals surface area (Å²) in [5.41, 5.74) is -0.364. The fourth-order valence-electron chi connectivity index (χ4n) is 3.49. The van der Waals surface area contributed by atoms with E-state index in [2.05, 4.69) is 4.98 Å². The molecule has 4 rings (SSSR count). The molecule has 0 unspecified atom stereocenters. The summed E-state index contributed by atoms with van der Waals surface area (Å²) in [6.45, 7) is 4.10. The highest BCUT2D eigenvalue weighted by Crippen LogP contribution is 2.25. The highest BCUT2D eigenvalue weighted by molar-refractivity contribution is 5.72. The van der Waals surface area contributed by atoms with Gasteiger partial charge in [-0.1, -0.05) is 18.2 Å². The number of benzene rings is 1. The van der Waals surface area contributed by atoms with Gasteiger partial charge in [0.25, 0.3) is 11.6 Å². The third kappa shape index (κ3) is 3.52. The Bertz CT molecular complexity index is 1230. The first-order chi connectivity index (χ1) is 14.2. The van der Waals surface area contributed by atoms with Gasteiger partial charge in [-0.15, -0.1) is 0 Å². The zero-order valence-electron chi connectivity index (χ0n) is 17.2. The fraction of sp³-hybridized carbons (Fsp3) is 0.450. The molecule has 1 aliphatic heterocycles. The standard InChI is InChI=1S/C20H23FN4O5/c1-20(2)29-11-13(30-20)10-28-18-22-16-15(17(26)24(4)19(27)23(16)3)25(18)9-12-7-5-6-8-14(12)21/h5-8,13H,9-11H2,1-4H3/t13-/m0/s1. The van der Waals surface area contributed by atoms with Gasteiger partial charge in [-0.25, -0.2) is 9.18 Å². The minimum atomic E-state index is -0.707. The van der Waals surface area contributed by atoms with Crippen molar-refractivity contribution in [3.05, 3.63) is 56.5 Å². The Morgan fingerprint density at radius 3 is 2.63 bits per heavy atom. The van der Waals surface area contributed by atoms with E-state index in [1.54, 1.807) is 32.0 Å². The minimum Gasteiger partial charge on any atom is -0.462 e. The van der Waals surface area contributed by atoms with E-state index in [0.29, 0.717) is 12.2 Å². The average Bonchev–Trinajstić information content (AvgIpc) is 3.24. The van der Waals surface area contributed by atoms with Gasteiger partial charge >= 0.3 is 5.69 Å². The van der Waals surface area contributed by atoms with Gasteiger partial charge in [-0.3, -0.25) is 18.5 Å². The molecule has 3 aromatic rings. The lowest BCUT2D eigenvalue weighted by atomic mass is 10.2. The van der Waals surface area contributed by atoms with E-state index >= 15 is 0 Å². The van der Waals surface area contributed by atoms with E-state index in [9.17, 15) is 14.0 Å². The molecule has 1 aliphatic rings. The van der Waals surface area contributed by atoms with Gasteiger partial charge in [0, 0.05) is 19.7 Å². The molecule has 1 saturated heterocycles. The first-order valence-corrected chi connectivity index (χ1v) is 9.52. The van der Waals surface area contributed by atoms with E-state index in [4.69, 9.17) is 14.2 Å². The summed E-state index contributed by atoms with van der Waals surface area (Å²) < 4.78 is 35.2. The smallest absolute Gasteiger partial charge is 0.332 e. The van der Waals surface area contributed by atoms with Crippen molar-refractivity contribution in [2.24, 2.45) is 14.1 Å². The van der Waals surface area contributed by atoms with Crippen LogP contribution < -0.4 is 16.0 Å². The molecule has 30 heavy (non-hydrogen) atoms. The average molecular weight is 418 g/mol. The molecule has 160 valence electrons. The Kier molecular flexibility index (Phi) is 4.99. The van der Waals surface area contributed by atoms with Crippen molar-refractivity contribution in [1.82, 2.24) is 18.7 Å². The SMILES string of the molecule is Cn1c(=O)c2c(nc(OC[C@H]3COC(C)(C)O3)n2Cc2ccccc2F)n(C)c1=O. The maximum absolute atomic E-state index is 14.3. The molecule has 1 atom stereocenters. The van der Waals surface area contributed by atoms with Crippen LogP contribution in [0.4, 0.5) is 4.39 Å². The molecule has 0 saturated carbocycles. The lowest BCUT2D eigenvalue weighted by Crippen LogP contribution is -2.37.